The number of nitrogens with two attached hydrogens (primary N) is 1. The molecule has 1 saturated heterocycles. The van der Waals surface area contributed by atoms with Gasteiger partial charge in [-0.15, -0.1) is 0 Å². The van der Waals surface area contributed by atoms with Gasteiger partial charge in [0.1, 0.15) is 5.75 Å². The minimum atomic E-state index is -3.57. The van der Waals surface area contributed by atoms with E-state index in [4.69, 9.17) is 31.0 Å². The second kappa shape index (κ2) is 12.2. The van der Waals surface area contributed by atoms with E-state index in [1.165, 1.54) is 11.1 Å². The third-order valence-corrected chi connectivity index (χ3v) is 10.9. The maximum absolute atomic E-state index is 12.0. The highest BCUT2D eigenvalue weighted by atomic mass is 35.5. The van der Waals surface area contributed by atoms with E-state index < -0.39 is 16.0 Å². The van der Waals surface area contributed by atoms with Gasteiger partial charge in [0.2, 0.25) is 10.0 Å². The number of aryl methyl sites for hydroxylation is 1. The molecule has 43 heavy (non-hydrogen) atoms. The molecule has 0 bridgehead atoms. The molecule has 1 saturated carbocycles. The lowest BCUT2D eigenvalue weighted by atomic mass is 9.67. The summed E-state index contributed by atoms with van der Waals surface area (Å²) in [6.45, 7) is 4.14. The van der Waals surface area contributed by atoms with E-state index in [-0.39, 0.29) is 41.7 Å². The molecule has 2 aliphatic heterocycles. The Morgan fingerprint density at radius 1 is 1.21 bits per heavy atom. The van der Waals surface area contributed by atoms with Gasteiger partial charge in [0.05, 0.1) is 48.5 Å². The van der Waals surface area contributed by atoms with Crippen molar-refractivity contribution < 1.29 is 32.5 Å². The molecule has 2 fully saturated rings. The number of nitrogens with zero attached hydrogens (tertiary/aromatic N) is 1. The van der Waals surface area contributed by atoms with Crippen molar-refractivity contribution in [1.29, 1.82) is 0 Å². The van der Waals surface area contributed by atoms with Crippen LogP contribution >= 0.6 is 11.6 Å². The van der Waals surface area contributed by atoms with E-state index in [0.717, 1.165) is 68.7 Å². The predicted molar refractivity (Wildman–Crippen MR) is 165 cm³/mol. The topological polar surface area (TPSA) is 128 Å². The molecule has 9 nitrogen and oxygen atoms in total. The van der Waals surface area contributed by atoms with E-state index >= 15 is 0 Å². The van der Waals surface area contributed by atoms with Crippen molar-refractivity contribution in [3.63, 3.8) is 0 Å². The van der Waals surface area contributed by atoms with Gasteiger partial charge < -0.3 is 24.2 Å². The molecule has 0 radical (unpaired) electrons. The standard InChI is InChI=1S/C32H41ClN2O7S/c1-20-13-25(40-11-12-43(34,38)39)16-30(42-20)26-7-4-23(26)17-35-18-32(10-2-3-21-14-24(33)6-8-27(21)32)19-41-29-9-5-22(31(36)37)15-28(29)35/h5-6,8-9,14-15,20,23,25-26,30H,2-4,7,10-13,16-19H2,1H3,(H,36,37)(H2,34,38,39)/t20-,23+,25-,26-,30-,32+/m1/s1. The van der Waals surface area contributed by atoms with Crippen LogP contribution in [0.4, 0.5) is 5.69 Å². The molecule has 234 valence electrons. The summed E-state index contributed by atoms with van der Waals surface area (Å²) in [5, 5.41) is 15.7. The first kappa shape index (κ1) is 30.6. The van der Waals surface area contributed by atoms with Crippen molar-refractivity contribution in [2.45, 2.75) is 75.6 Å². The average Bonchev–Trinajstić information content (AvgIpc) is 3.07. The Morgan fingerprint density at radius 2 is 2.05 bits per heavy atom. The van der Waals surface area contributed by atoms with Gasteiger partial charge in [0.15, 0.2) is 0 Å². The molecule has 11 heteroatoms. The summed E-state index contributed by atoms with van der Waals surface area (Å²) in [5.74, 6) is 0.242. The summed E-state index contributed by atoms with van der Waals surface area (Å²) >= 11 is 6.39. The zero-order valence-corrected chi connectivity index (χ0v) is 26.1. The fourth-order valence-corrected chi connectivity index (χ4v) is 8.24. The Kier molecular flexibility index (Phi) is 8.69. The van der Waals surface area contributed by atoms with Crippen LogP contribution in [0.1, 0.15) is 66.9 Å². The van der Waals surface area contributed by atoms with Gasteiger partial charge in [-0.3, -0.25) is 0 Å². The molecule has 0 unspecified atom stereocenters. The lowest BCUT2D eigenvalue weighted by Gasteiger charge is -2.48. The molecule has 2 aromatic rings. The molecule has 0 aromatic heterocycles. The van der Waals surface area contributed by atoms with Crippen molar-refractivity contribution in [1.82, 2.24) is 0 Å². The summed E-state index contributed by atoms with van der Waals surface area (Å²) in [6, 6.07) is 11.4. The lowest BCUT2D eigenvalue weighted by molar-refractivity contribution is -0.146. The largest absolute Gasteiger partial charge is 0.490 e. The van der Waals surface area contributed by atoms with E-state index in [2.05, 4.69) is 17.0 Å². The van der Waals surface area contributed by atoms with Gasteiger partial charge in [-0.25, -0.2) is 18.4 Å². The number of ether oxygens (including phenoxy) is 3. The summed E-state index contributed by atoms with van der Waals surface area (Å²) in [7, 11) is -3.57. The quantitative estimate of drug-likeness (QED) is 0.426. The van der Waals surface area contributed by atoms with Crippen LogP contribution in [0.3, 0.4) is 0 Å². The highest BCUT2D eigenvalue weighted by molar-refractivity contribution is 7.89. The zero-order chi connectivity index (χ0) is 30.4. The van der Waals surface area contributed by atoms with Crippen molar-refractivity contribution in [3.8, 4) is 5.75 Å². The minimum absolute atomic E-state index is 0.0127. The molecular formula is C32H41ClN2O7S. The molecule has 2 aromatic carbocycles. The van der Waals surface area contributed by atoms with Gasteiger partial charge >= 0.3 is 5.97 Å². The first-order valence-electron chi connectivity index (χ1n) is 15.3. The molecule has 2 heterocycles. The van der Waals surface area contributed by atoms with Gasteiger partial charge in [-0.2, -0.15) is 0 Å². The lowest BCUT2D eigenvalue weighted by Crippen LogP contribution is -2.51. The van der Waals surface area contributed by atoms with Crippen LogP contribution < -0.4 is 14.8 Å². The first-order valence-corrected chi connectivity index (χ1v) is 17.4. The second-order valence-corrected chi connectivity index (χ2v) is 15.1. The smallest absolute Gasteiger partial charge is 0.335 e. The van der Waals surface area contributed by atoms with Gasteiger partial charge in [-0.1, -0.05) is 17.7 Å². The van der Waals surface area contributed by atoms with Crippen LogP contribution in [-0.4, -0.2) is 69.9 Å². The number of fused-ring (bicyclic) bond motifs is 3. The predicted octanol–water partition coefficient (Wildman–Crippen LogP) is 4.78. The Hall–Kier alpha value is -2.37. The van der Waals surface area contributed by atoms with E-state index in [9.17, 15) is 18.3 Å². The number of anilines is 1. The Balaban J connectivity index is 1.25. The summed E-state index contributed by atoms with van der Waals surface area (Å²) < 4.78 is 41.7. The maximum Gasteiger partial charge on any atom is 0.335 e. The maximum atomic E-state index is 12.0. The van der Waals surface area contributed by atoms with Crippen LogP contribution in [-0.2, 0) is 31.3 Å². The van der Waals surface area contributed by atoms with Crippen LogP contribution in [0.2, 0.25) is 5.02 Å². The monoisotopic (exact) mass is 632 g/mol. The zero-order valence-electron chi connectivity index (χ0n) is 24.5. The first-order chi connectivity index (χ1) is 20.5. The van der Waals surface area contributed by atoms with E-state index in [0.29, 0.717) is 24.2 Å². The van der Waals surface area contributed by atoms with E-state index in [1.807, 2.05) is 13.0 Å². The number of rotatable bonds is 8. The Morgan fingerprint density at radius 3 is 2.79 bits per heavy atom. The van der Waals surface area contributed by atoms with E-state index in [1.54, 1.807) is 18.2 Å². The summed E-state index contributed by atoms with van der Waals surface area (Å²) in [6.07, 6.45) is 6.49. The fraction of sp³-hybridized carbons (Fsp3) is 0.594. The highest BCUT2D eigenvalue weighted by Crippen LogP contribution is 2.47. The van der Waals surface area contributed by atoms with Gasteiger partial charge in [-0.05, 0) is 98.7 Å². The van der Waals surface area contributed by atoms with Crippen LogP contribution in [0.5, 0.6) is 5.75 Å². The SMILES string of the molecule is C[C@@H]1C[C@@H](OCCS(N)(=O)=O)C[C@H]([C@@H]2CC[C@H]2CN2C[C@@]3(CCCc4cc(Cl)ccc43)COc3ccc(C(=O)O)cc32)O1. The van der Waals surface area contributed by atoms with Crippen molar-refractivity contribution in [3.05, 3.63) is 58.1 Å². The summed E-state index contributed by atoms with van der Waals surface area (Å²) in [5.41, 5.74) is 3.37. The average molecular weight is 633 g/mol. The molecule has 6 rings (SSSR count). The Bertz CT molecular complexity index is 1470. The number of sulfonamides is 1. The second-order valence-electron chi connectivity index (χ2n) is 12.9. The number of benzene rings is 2. The number of aromatic carboxylic acids is 1. The van der Waals surface area contributed by atoms with Gasteiger partial charge in [0, 0.05) is 29.9 Å². The van der Waals surface area contributed by atoms with Crippen molar-refractivity contribution in [2.75, 3.05) is 37.0 Å². The highest BCUT2D eigenvalue weighted by Gasteiger charge is 2.46. The van der Waals surface area contributed by atoms with Crippen LogP contribution in [0.15, 0.2) is 36.4 Å². The Labute approximate surface area is 258 Å². The normalized spacial score (nSPS) is 30.5. The van der Waals surface area contributed by atoms with Crippen molar-refractivity contribution >= 4 is 33.3 Å². The fourth-order valence-electron chi connectivity index (χ4n) is 7.72. The molecule has 2 aliphatic carbocycles. The molecule has 4 aliphatic rings. The number of primary sulfonamides is 1. The number of hydrogen-bond acceptors (Lipinski definition) is 7. The molecule has 0 amide bonds. The number of hydrogen-bond donors (Lipinski definition) is 2. The molecule has 6 atom stereocenters. The van der Waals surface area contributed by atoms with Crippen molar-refractivity contribution in [2.24, 2.45) is 17.0 Å². The third-order valence-electron chi connectivity index (χ3n) is 9.91. The summed E-state index contributed by atoms with van der Waals surface area (Å²) in [4.78, 5) is 14.3. The number of carboxylic acid groups (broad SMARTS) is 1. The molecular weight excluding hydrogens is 592 g/mol. The number of halogens is 1. The van der Waals surface area contributed by atoms with Crippen LogP contribution in [0.25, 0.3) is 0 Å². The third kappa shape index (κ3) is 6.68. The molecule has 3 N–H and O–H groups in total. The molecule has 1 spiro atoms. The minimum Gasteiger partial charge on any atom is -0.490 e. The van der Waals surface area contributed by atoms with Gasteiger partial charge in [0.25, 0.3) is 0 Å². The number of carboxylic acids is 1. The number of carbonyl (C=O) groups is 1. The van der Waals surface area contributed by atoms with Crippen LogP contribution in [0, 0.1) is 11.8 Å².